The van der Waals surface area contributed by atoms with Crippen molar-refractivity contribution in [2.75, 3.05) is 42.9 Å². The molecule has 27 heavy (non-hydrogen) atoms. The molecule has 0 saturated carbocycles. The number of nitrogens with two attached hydrogens (primary N) is 1. The summed E-state index contributed by atoms with van der Waals surface area (Å²) in [6.45, 7) is 2.96. The number of guanidine groups is 1. The molecule has 0 aliphatic carbocycles. The Bertz CT molecular complexity index is 761. The molecular weight excluding hydrogens is 477 g/mol. The Morgan fingerprint density at radius 1 is 1.04 bits per heavy atom. The number of rotatable bonds is 4. The van der Waals surface area contributed by atoms with E-state index in [2.05, 4.69) is 15.2 Å². The Balaban J connectivity index is 0.00000261. The monoisotopic (exact) mass is 499 g/mol. The van der Waals surface area contributed by atoms with E-state index >= 15 is 0 Å². The molecule has 1 aliphatic rings. The minimum absolute atomic E-state index is 0. The molecule has 6 nitrogen and oxygen atoms in total. The third kappa shape index (κ3) is 6.28. The number of carbonyl (C=O) groups is 1. The van der Waals surface area contributed by atoms with E-state index in [4.69, 9.17) is 17.3 Å². The van der Waals surface area contributed by atoms with Crippen LogP contribution in [-0.2, 0) is 4.79 Å². The normalized spacial score (nSPS) is 14.5. The molecule has 0 unspecified atom stereocenters. The first-order chi connectivity index (χ1) is 12.6. The molecule has 1 amide bonds. The van der Waals surface area contributed by atoms with E-state index in [0.717, 1.165) is 29.5 Å². The number of carbonyl (C=O) groups excluding carboxylic acids is 1. The molecule has 0 atom stereocenters. The zero-order valence-electron chi connectivity index (χ0n) is 14.8. The van der Waals surface area contributed by atoms with Gasteiger partial charge in [0.2, 0.25) is 5.91 Å². The molecular formula is C19H23ClIN5O. The van der Waals surface area contributed by atoms with Gasteiger partial charge in [0.05, 0.1) is 0 Å². The van der Waals surface area contributed by atoms with Crippen molar-refractivity contribution in [3.63, 3.8) is 0 Å². The van der Waals surface area contributed by atoms with Crippen LogP contribution in [0.25, 0.3) is 0 Å². The number of amides is 1. The minimum atomic E-state index is -0.0152. The average Bonchev–Trinajstić information content (AvgIpc) is 2.68. The van der Waals surface area contributed by atoms with Crippen LogP contribution in [0.15, 0.2) is 59.6 Å². The molecule has 0 bridgehead atoms. The number of halogens is 2. The highest BCUT2D eigenvalue weighted by Gasteiger charge is 2.21. The van der Waals surface area contributed by atoms with Gasteiger partial charge in [-0.05, 0) is 36.4 Å². The molecule has 0 spiro atoms. The van der Waals surface area contributed by atoms with Crippen LogP contribution in [0, 0.1) is 0 Å². The van der Waals surface area contributed by atoms with E-state index in [-0.39, 0.29) is 42.4 Å². The first-order valence-corrected chi connectivity index (χ1v) is 8.90. The van der Waals surface area contributed by atoms with Gasteiger partial charge in [0, 0.05) is 42.6 Å². The maximum atomic E-state index is 12.3. The predicted molar refractivity (Wildman–Crippen MR) is 122 cm³/mol. The van der Waals surface area contributed by atoms with Gasteiger partial charge in [-0.15, -0.1) is 24.0 Å². The molecule has 1 heterocycles. The van der Waals surface area contributed by atoms with E-state index in [1.165, 1.54) is 0 Å². The third-order valence-corrected chi connectivity index (χ3v) is 4.51. The van der Waals surface area contributed by atoms with E-state index in [1.807, 2.05) is 59.5 Å². The maximum absolute atomic E-state index is 12.3. The second-order valence-electron chi connectivity index (χ2n) is 6.04. The van der Waals surface area contributed by atoms with Gasteiger partial charge in [0.25, 0.3) is 0 Å². The topological polar surface area (TPSA) is 74.0 Å². The predicted octanol–water partition coefficient (Wildman–Crippen LogP) is 3.03. The van der Waals surface area contributed by atoms with Gasteiger partial charge in [-0.2, -0.15) is 0 Å². The number of para-hydroxylation sites is 1. The first kappa shape index (κ1) is 21.3. The quantitative estimate of drug-likeness (QED) is 0.385. The Morgan fingerprint density at radius 2 is 1.67 bits per heavy atom. The highest BCUT2D eigenvalue weighted by atomic mass is 127. The van der Waals surface area contributed by atoms with Crippen LogP contribution in [0.5, 0.6) is 0 Å². The maximum Gasteiger partial charge on any atom is 0.244 e. The van der Waals surface area contributed by atoms with Crippen molar-refractivity contribution in [1.29, 1.82) is 0 Å². The van der Waals surface area contributed by atoms with Crippen molar-refractivity contribution in [2.45, 2.75) is 0 Å². The molecule has 1 aliphatic heterocycles. The van der Waals surface area contributed by atoms with E-state index < -0.39 is 0 Å². The lowest BCUT2D eigenvalue weighted by Crippen LogP contribution is -2.49. The highest BCUT2D eigenvalue weighted by molar-refractivity contribution is 14.0. The third-order valence-electron chi connectivity index (χ3n) is 4.26. The molecule has 2 aromatic rings. The highest BCUT2D eigenvalue weighted by Crippen LogP contribution is 2.19. The van der Waals surface area contributed by atoms with E-state index in [1.54, 1.807) is 0 Å². The van der Waals surface area contributed by atoms with Gasteiger partial charge < -0.3 is 20.9 Å². The van der Waals surface area contributed by atoms with Gasteiger partial charge >= 0.3 is 0 Å². The summed E-state index contributed by atoms with van der Waals surface area (Å²) in [4.78, 5) is 20.6. The van der Waals surface area contributed by atoms with Crippen molar-refractivity contribution >= 4 is 58.8 Å². The largest absolute Gasteiger partial charge is 0.370 e. The molecule has 3 N–H and O–H groups in total. The van der Waals surface area contributed by atoms with E-state index in [0.29, 0.717) is 13.1 Å². The standard InChI is InChI=1S/C19H22ClN5O.HI/c20-15-6-8-17(9-7-15)24-10-12-25(13-11-24)18(26)14-22-19(21)23-16-4-2-1-3-5-16;/h1-9H,10-14H2,(H3,21,22,23);1H. The number of anilines is 2. The van der Waals surface area contributed by atoms with Crippen molar-refractivity contribution in [3.05, 3.63) is 59.6 Å². The van der Waals surface area contributed by atoms with Gasteiger partial charge in [-0.1, -0.05) is 29.8 Å². The average molecular weight is 500 g/mol. The summed E-state index contributed by atoms with van der Waals surface area (Å²) in [5.41, 5.74) is 7.81. The van der Waals surface area contributed by atoms with Crippen molar-refractivity contribution in [1.82, 2.24) is 4.90 Å². The Labute approximate surface area is 181 Å². The lowest BCUT2D eigenvalue weighted by Gasteiger charge is -2.36. The van der Waals surface area contributed by atoms with Crippen molar-refractivity contribution in [3.8, 4) is 0 Å². The van der Waals surface area contributed by atoms with Crippen LogP contribution < -0.4 is 16.0 Å². The fraction of sp³-hybridized carbons (Fsp3) is 0.263. The number of aliphatic imine (C=N–C) groups is 1. The van der Waals surface area contributed by atoms with Crippen LogP contribution in [0.4, 0.5) is 11.4 Å². The molecule has 0 aromatic heterocycles. The smallest absolute Gasteiger partial charge is 0.244 e. The summed E-state index contributed by atoms with van der Waals surface area (Å²) in [7, 11) is 0. The second kappa shape index (κ2) is 10.4. The second-order valence-corrected chi connectivity index (χ2v) is 6.47. The number of piperazine rings is 1. The molecule has 1 fully saturated rings. The SMILES string of the molecule is I.NC(=NCC(=O)N1CCN(c2ccc(Cl)cc2)CC1)Nc1ccccc1. The molecule has 1 saturated heterocycles. The van der Waals surface area contributed by atoms with E-state index in [9.17, 15) is 4.79 Å². The van der Waals surface area contributed by atoms with Gasteiger partial charge in [0.15, 0.2) is 5.96 Å². The first-order valence-electron chi connectivity index (χ1n) is 8.52. The number of hydrogen-bond donors (Lipinski definition) is 2. The molecule has 8 heteroatoms. The Morgan fingerprint density at radius 3 is 2.30 bits per heavy atom. The Hall–Kier alpha value is -2.00. The minimum Gasteiger partial charge on any atom is -0.370 e. The summed E-state index contributed by atoms with van der Waals surface area (Å²) in [6, 6.07) is 17.3. The van der Waals surface area contributed by atoms with Gasteiger partial charge in [-0.3, -0.25) is 4.79 Å². The number of benzene rings is 2. The summed E-state index contributed by atoms with van der Waals surface area (Å²) in [5.74, 6) is 0.225. The molecule has 0 radical (unpaired) electrons. The number of nitrogens with zero attached hydrogens (tertiary/aromatic N) is 3. The Kier molecular flexibility index (Phi) is 8.18. The fourth-order valence-electron chi connectivity index (χ4n) is 2.83. The number of hydrogen-bond acceptors (Lipinski definition) is 3. The van der Waals surface area contributed by atoms with Crippen LogP contribution >= 0.6 is 35.6 Å². The molecule has 2 aromatic carbocycles. The van der Waals surface area contributed by atoms with Gasteiger partial charge in [-0.25, -0.2) is 4.99 Å². The lowest BCUT2D eigenvalue weighted by atomic mass is 10.2. The summed E-state index contributed by atoms with van der Waals surface area (Å²) >= 11 is 5.93. The fourth-order valence-corrected chi connectivity index (χ4v) is 2.95. The van der Waals surface area contributed by atoms with Crippen molar-refractivity contribution in [2.24, 2.45) is 10.7 Å². The number of nitrogens with one attached hydrogen (secondary N) is 1. The lowest BCUT2D eigenvalue weighted by molar-refractivity contribution is -0.129. The summed E-state index contributed by atoms with van der Waals surface area (Å²) in [5, 5.41) is 3.70. The molecule has 3 rings (SSSR count). The zero-order valence-corrected chi connectivity index (χ0v) is 17.9. The van der Waals surface area contributed by atoms with Crippen LogP contribution in [0.1, 0.15) is 0 Å². The van der Waals surface area contributed by atoms with Gasteiger partial charge in [0.1, 0.15) is 6.54 Å². The summed E-state index contributed by atoms with van der Waals surface area (Å²) < 4.78 is 0. The summed E-state index contributed by atoms with van der Waals surface area (Å²) in [6.07, 6.45) is 0. The van der Waals surface area contributed by atoms with Crippen LogP contribution in [0.2, 0.25) is 5.02 Å². The molecule has 144 valence electrons. The zero-order chi connectivity index (χ0) is 18.4. The van der Waals surface area contributed by atoms with Crippen LogP contribution in [0.3, 0.4) is 0 Å². The van der Waals surface area contributed by atoms with Crippen LogP contribution in [-0.4, -0.2) is 49.5 Å². The van der Waals surface area contributed by atoms with Crippen molar-refractivity contribution < 1.29 is 4.79 Å².